The summed E-state index contributed by atoms with van der Waals surface area (Å²) < 4.78 is 5.78. The molecule has 120 valence electrons. The Balaban J connectivity index is 1.55. The molecule has 2 aliphatic carbocycles. The van der Waals surface area contributed by atoms with Crippen LogP contribution in [0.2, 0.25) is 0 Å². The van der Waals surface area contributed by atoms with Crippen LogP contribution < -0.4 is 10.1 Å². The van der Waals surface area contributed by atoms with E-state index in [2.05, 4.69) is 37.4 Å². The van der Waals surface area contributed by atoms with E-state index in [1.165, 1.54) is 31.2 Å². The molecule has 1 N–H and O–H groups in total. The number of ether oxygens (including phenoxy) is 1. The van der Waals surface area contributed by atoms with E-state index in [-0.39, 0.29) is 12.5 Å². The van der Waals surface area contributed by atoms with Crippen molar-refractivity contribution in [3.05, 3.63) is 29.3 Å². The Morgan fingerprint density at radius 1 is 1.23 bits per heavy atom. The summed E-state index contributed by atoms with van der Waals surface area (Å²) in [4.78, 5) is 12.2. The number of benzene rings is 1. The van der Waals surface area contributed by atoms with Gasteiger partial charge in [0.05, 0.1) is 0 Å². The highest BCUT2D eigenvalue weighted by molar-refractivity contribution is 5.78. The summed E-state index contributed by atoms with van der Waals surface area (Å²) in [6, 6.07) is 6.66. The summed E-state index contributed by atoms with van der Waals surface area (Å²) in [6.07, 6.45) is 5.10. The predicted octanol–water partition coefficient (Wildman–Crippen LogP) is 3.80. The molecule has 1 amide bonds. The first-order valence-electron chi connectivity index (χ1n) is 8.57. The van der Waals surface area contributed by atoms with Crippen LogP contribution in [0.25, 0.3) is 0 Å². The zero-order valence-corrected chi connectivity index (χ0v) is 13.9. The maximum atomic E-state index is 12.2. The maximum Gasteiger partial charge on any atom is 0.258 e. The number of rotatable bonds is 7. The monoisotopic (exact) mass is 301 g/mol. The van der Waals surface area contributed by atoms with Crippen LogP contribution in [0.5, 0.6) is 5.75 Å². The summed E-state index contributed by atoms with van der Waals surface area (Å²) in [6.45, 7) is 6.47. The number of hydrogen-bond donors (Lipinski definition) is 1. The molecule has 0 radical (unpaired) electrons. The molecule has 3 heteroatoms. The lowest BCUT2D eigenvalue weighted by atomic mass is 10.0. The molecule has 3 rings (SSSR count). The van der Waals surface area contributed by atoms with Crippen LogP contribution in [-0.2, 0) is 4.79 Å². The molecule has 0 aliphatic heterocycles. The highest BCUT2D eigenvalue weighted by atomic mass is 16.5. The third-order valence-corrected chi connectivity index (χ3v) is 4.83. The predicted molar refractivity (Wildman–Crippen MR) is 88.1 cm³/mol. The van der Waals surface area contributed by atoms with Gasteiger partial charge in [-0.25, -0.2) is 0 Å². The Hall–Kier alpha value is -1.51. The standard InChI is InChI=1S/C19H27NO2/c1-12(2)16-5-4-13(3)17(10-16)22-11-18(21)20-19(14-6-7-14)15-8-9-15/h4-5,10,12,14-15,19H,6-9,11H2,1-3H3,(H,20,21). The Labute approximate surface area is 133 Å². The van der Waals surface area contributed by atoms with Gasteiger partial charge < -0.3 is 10.1 Å². The molecular formula is C19H27NO2. The van der Waals surface area contributed by atoms with Crippen molar-refractivity contribution in [2.24, 2.45) is 11.8 Å². The maximum absolute atomic E-state index is 12.2. The molecule has 3 nitrogen and oxygen atoms in total. The fourth-order valence-electron chi connectivity index (χ4n) is 3.03. The number of nitrogens with one attached hydrogen (secondary N) is 1. The van der Waals surface area contributed by atoms with E-state index >= 15 is 0 Å². The molecule has 2 fully saturated rings. The van der Waals surface area contributed by atoms with Crippen molar-refractivity contribution < 1.29 is 9.53 Å². The van der Waals surface area contributed by atoms with Crippen LogP contribution >= 0.6 is 0 Å². The van der Waals surface area contributed by atoms with E-state index in [9.17, 15) is 4.79 Å². The number of amides is 1. The first-order valence-corrected chi connectivity index (χ1v) is 8.57. The van der Waals surface area contributed by atoms with Crippen molar-refractivity contribution in [2.45, 2.75) is 58.4 Å². The second kappa shape index (κ2) is 6.31. The van der Waals surface area contributed by atoms with Crippen LogP contribution in [-0.4, -0.2) is 18.6 Å². The number of hydrogen-bond acceptors (Lipinski definition) is 2. The minimum Gasteiger partial charge on any atom is -0.483 e. The van der Waals surface area contributed by atoms with Gasteiger partial charge in [0, 0.05) is 6.04 Å². The zero-order chi connectivity index (χ0) is 15.7. The molecule has 22 heavy (non-hydrogen) atoms. The van der Waals surface area contributed by atoms with E-state index < -0.39 is 0 Å². The van der Waals surface area contributed by atoms with Gasteiger partial charge in [-0.1, -0.05) is 26.0 Å². The number of aryl methyl sites for hydroxylation is 1. The first-order chi connectivity index (χ1) is 10.5. The molecule has 0 aromatic heterocycles. The normalized spacial score (nSPS) is 17.9. The van der Waals surface area contributed by atoms with E-state index in [4.69, 9.17) is 4.74 Å². The molecule has 1 aromatic rings. The second-order valence-corrected chi connectivity index (χ2v) is 7.24. The summed E-state index contributed by atoms with van der Waals surface area (Å²) >= 11 is 0. The SMILES string of the molecule is Cc1ccc(C(C)C)cc1OCC(=O)NC(C1CC1)C1CC1. The smallest absolute Gasteiger partial charge is 0.258 e. The van der Waals surface area contributed by atoms with Crippen molar-refractivity contribution in [3.63, 3.8) is 0 Å². The molecule has 0 unspecified atom stereocenters. The van der Waals surface area contributed by atoms with Gasteiger partial charge in [-0.3, -0.25) is 4.79 Å². The van der Waals surface area contributed by atoms with Gasteiger partial charge in [0.25, 0.3) is 5.91 Å². The molecule has 0 atom stereocenters. The van der Waals surface area contributed by atoms with E-state index in [1.54, 1.807) is 0 Å². The molecule has 0 spiro atoms. The van der Waals surface area contributed by atoms with E-state index in [0.717, 1.165) is 23.1 Å². The lowest BCUT2D eigenvalue weighted by Gasteiger charge is -2.18. The zero-order valence-electron chi connectivity index (χ0n) is 13.9. The lowest BCUT2D eigenvalue weighted by Crippen LogP contribution is -2.40. The van der Waals surface area contributed by atoms with Gasteiger partial charge in [-0.05, 0) is 67.6 Å². The average molecular weight is 301 g/mol. The Morgan fingerprint density at radius 2 is 1.86 bits per heavy atom. The molecule has 0 heterocycles. The largest absolute Gasteiger partial charge is 0.483 e. The van der Waals surface area contributed by atoms with Gasteiger partial charge in [-0.15, -0.1) is 0 Å². The highest BCUT2D eigenvalue weighted by Crippen LogP contribution is 2.44. The fourth-order valence-corrected chi connectivity index (χ4v) is 3.03. The average Bonchev–Trinajstić information content (AvgIpc) is 3.37. The van der Waals surface area contributed by atoms with Gasteiger partial charge in [0.15, 0.2) is 6.61 Å². The fraction of sp³-hybridized carbons (Fsp3) is 0.632. The van der Waals surface area contributed by atoms with E-state index in [1.807, 2.05) is 6.92 Å². The Kier molecular flexibility index (Phi) is 4.42. The summed E-state index contributed by atoms with van der Waals surface area (Å²) in [5.41, 5.74) is 2.33. The summed E-state index contributed by atoms with van der Waals surface area (Å²) in [5.74, 6) is 2.77. The molecule has 2 saturated carbocycles. The number of carbonyl (C=O) groups is 1. The van der Waals surface area contributed by atoms with Crippen molar-refractivity contribution in [2.75, 3.05) is 6.61 Å². The minimum absolute atomic E-state index is 0.0261. The summed E-state index contributed by atoms with van der Waals surface area (Å²) in [7, 11) is 0. The Morgan fingerprint density at radius 3 is 2.41 bits per heavy atom. The topological polar surface area (TPSA) is 38.3 Å². The molecule has 1 aromatic carbocycles. The number of carbonyl (C=O) groups excluding carboxylic acids is 1. The van der Waals surface area contributed by atoms with Gasteiger partial charge >= 0.3 is 0 Å². The van der Waals surface area contributed by atoms with Crippen LogP contribution in [0.4, 0.5) is 0 Å². The van der Waals surface area contributed by atoms with Crippen LogP contribution in [0.1, 0.15) is 56.6 Å². The van der Waals surface area contributed by atoms with Crippen molar-refractivity contribution in [1.82, 2.24) is 5.32 Å². The Bertz CT molecular complexity index is 532. The third-order valence-electron chi connectivity index (χ3n) is 4.83. The summed E-state index contributed by atoms with van der Waals surface area (Å²) in [5, 5.41) is 3.20. The van der Waals surface area contributed by atoms with Crippen LogP contribution in [0.3, 0.4) is 0 Å². The van der Waals surface area contributed by atoms with Gasteiger partial charge in [0.1, 0.15) is 5.75 Å². The second-order valence-electron chi connectivity index (χ2n) is 7.24. The highest BCUT2D eigenvalue weighted by Gasteiger charge is 2.42. The van der Waals surface area contributed by atoms with Crippen molar-refractivity contribution >= 4 is 5.91 Å². The molecule has 0 bridgehead atoms. The molecule has 0 saturated heterocycles. The molecule has 2 aliphatic rings. The molecular weight excluding hydrogens is 274 g/mol. The van der Waals surface area contributed by atoms with Crippen molar-refractivity contribution in [1.29, 1.82) is 0 Å². The lowest BCUT2D eigenvalue weighted by molar-refractivity contribution is -0.124. The third kappa shape index (κ3) is 3.82. The van der Waals surface area contributed by atoms with E-state index in [0.29, 0.717) is 12.0 Å². The van der Waals surface area contributed by atoms with Crippen LogP contribution in [0, 0.1) is 18.8 Å². The first kappa shape index (κ1) is 15.4. The van der Waals surface area contributed by atoms with Gasteiger partial charge in [0.2, 0.25) is 0 Å². The van der Waals surface area contributed by atoms with Crippen LogP contribution in [0.15, 0.2) is 18.2 Å². The quantitative estimate of drug-likeness (QED) is 0.832. The van der Waals surface area contributed by atoms with Gasteiger partial charge in [-0.2, -0.15) is 0 Å². The van der Waals surface area contributed by atoms with Crippen molar-refractivity contribution in [3.8, 4) is 5.75 Å². The minimum atomic E-state index is 0.0261.